The highest BCUT2D eigenvalue weighted by molar-refractivity contribution is 9.10. The molecular weight excluding hydrogens is 308 g/mol. The Morgan fingerprint density at radius 3 is 3.00 bits per heavy atom. The van der Waals surface area contributed by atoms with Gasteiger partial charge in [0.15, 0.2) is 5.54 Å². The lowest BCUT2D eigenvalue weighted by atomic mass is 9.88. The number of aromatic nitrogens is 1. The number of fused-ring (bicyclic) bond motifs is 3. The Morgan fingerprint density at radius 2 is 2.26 bits per heavy atom. The van der Waals surface area contributed by atoms with Crippen LogP contribution >= 0.6 is 15.9 Å². The molecule has 19 heavy (non-hydrogen) atoms. The molecule has 0 bridgehead atoms. The van der Waals surface area contributed by atoms with Crippen LogP contribution in [0.2, 0.25) is 0 Å². The molecule has 4 nitrogen and oxygen atoms in total. The number of methoxy groups -OCH3 is 1. The summed E-state index contributed by atoms with van der Waals surface area (Å²) < 4.78 is 5.96. The highest BCUT2D eigenvalue weighted by atomic mass is 79.9. The third kappa shape index (κ3) is 1.80. The lowest BCUT2D eigenvalue weighted by Crippen LogP contribution is -2.51. The lowest BCUT2D eigenvalue weighted by molar-refractivity contribution is -0.148. The summed E-state index contributed by atoms with van der Waals surface area (Å²) >= 11 is 3.47. The van der Waals surface area contributed by atoms with E-state index in [-0.39, 0.29) is 5.97 Å². The van der Waals surface area contributed by atoms with Crippen LogP contribution < -0.4 is 5.32 Å². The molecule has 3 rings (SSSR count). The normalized spacial score (nSPS) is 22.3. The Morgan fingerprint density at radius 1 is 1.47 bits per heavy atom. The second-order valence-electron chi connectivity index (χ2n) is 4.96. The molecule has 0 saturated carbocycles. The van der Waals surface area contributed by atoms with Crippen LogP contribution in [0, 0.1) is 0 Å². The van der Waals surface area contributed by atoms with Crippen LogP contribution in [0.15, 0.2) is 22.7 Å². The number of esters is 1. The number of hydrogen-bond acceptors (Lipinski definition) is 3. The fourth-order valence-electron chi connectivity index (χ4n) is 2.82. The maximum atomic E-state index is 12.1. The molecule has 1 aromatic heterocycles. The monoisotopic (exact) mass is 322 g/mol. The van der Waals surface area contributed by atoms with E-state index < -0.39 is 5.54 Å². The van der Waals surface area contributed by atoms with E-state index >= 15 is 0 Å². The third-order valence-electron chi connectivity index (χ3n) is 3.82. The number of rotatable bonds is 1. The largest absolute Gasteiger partial charge is 0.467 e. The summed E-state index contributed by atoms with van der Waals surface area (Å²) in [5.74, 6) is -0.265. The first-order chi connectivity index (χ1) is 9.06. The average Bonchev–Trinajstić information content (AvgIpc) is 2.77. The number of ether oxygens (including phenoxy) is 1. The number of halogens is 1. The van der Waals surface area contributed by atoms with E-state index in [4.69, 9.17) is 4.74 Å². The maximum Gasteiger partial charge on any atom is 0.331 e. The highest BCUT2D eigenvalue weighted by Gasteiger charge is 2.42. The Kier molecular flexibility index (Phi) is 2.91. The van der Waals surface area contributed by atoms with Crippen molar-refractivity contribution in [2.45, 2.75) is 18.9 Å². The van der Waals surface area contributed by atoms with Crippen molar-refractivity contribution < 1.29 is 9.53 Å². The number of benzene rings is 1. The smallest absolute Gasteiger partial charge is 0.331 e. The van der Waals surface area contributed by atoms with Crippen LogP contribution in [0.3, 0.4) is 0 Å². The predicted molar refractivity (Wildman–Crippen MR) is 77.1 cm³/mol. The number of aromatic amines is 1. The van der Waals surface area contributed by atoms with Crippen molar-refractivity contribution in [1.29, 1.82) is 0 Å². The standard InChI is InChI=1S/C14H15BrN2O2/c1-14(13(18)19-2)12-10(5-6-16-14)9-4-3-8(15)7-11(9)17-12/h3-4,7,16-17H,5-6H2,1-2H3. The van der Waals surface area contributed by atoms with Crippen LogP contribution in [0.5, 0.6) is 0 Å². The summed E-state index contributed by atoms with van der Waals surface area (Å²) in [4.78, 5) is 15.5. The van der Waals surface area contributed by atoms with Gasteiger partial charge in [0, 0.05) is 21.9 Å². The van der Waals surface area contributed by atoms with Gasteiger partial charge in [0.2, 0.25) is 0 Å². The average molecular weight is 323 g/mol. The Balaban J connectivity index is 2.25. The first kappa shape index (κ1) is 12.7. The molecule has 1 aliphatic rings. The fraction of sp³-hybridized carbons (Fsp3) is 0.357. The molecule has 1 aliphatic heterocycles. The van der Waals surface area contributed by atoms with Crippen molar-refractivity contribution in [2.75, 3.05) is 13.7 Å². The molecule has 0 fully saturated rings. The topological polar surface area (TPSA) is 54.1 Å². The molecule has 2 aromatic rings. The molecule has 0 saturated heterocycles. The van der Waals surface area contributed by atoms with Gasteiger partial charge >= 0.3 is 5.97 Å². The fourth-order valence-corrected chi connectivity index (χ4v) is 3.18. The molecular formula is C14H15BrN2O2. The van der Waals surface area contributed by atoms with Crippen LogP contribution in [-0.2, 0) is 21.5 Å². The molecule has 5 heteroatoms. The zero-order valence-corrected chi connectivity index (χ0v) is 12.4. The van der Waals surface area contributed by atoms with Crippen molar-refractivity contribution >= 4 is 32.8 Å². The molecule has 0 radical (unpaired) electrons. The van der Waals surface area contributed by atoms with Crippen LogP contribution in [-0.4, -0.2) is 24.6 Å². The lowest BCUT2D eigenvalue weighted by Gasteiger charge is -2.32. The van der Waals surface area contributed by atoms with Crippen molar-refractivity contribution in [1.82, 2.24) is 10.3 Å². The van der Waals surface area contributed by atoms with E-state index in [1.807, 2.05) is 19.1 Å². The van der Waals surface area contributed by atoms with Gasteiger partial charge < -0.3 is 9.72 Å². The highest BCUT2D eigenvalue weighted by Crippen LogP contribution is 2.35. The zero-order valence-electron chi connectivity index (χ0n) is 10.8. The van der Waals surface area contributed by atoms with E-state index in [0.29, 0.717) is 0 Å². The molecule has 100 valence electrons. The van der Waals surface area contributed by atoms with Gasteiger partial charge in [0.05, 0.1) is 12.8 Å². The summed E-state index contributed by atoms with van der Waals surface area (Å²) in [7, 11) is 1.42. The summed E-state index contributed by atoms with van der Waals surface area (Å²) in [5, 5.41) is 4.44. The summed E-state index contributed by atoms with van der Waals surface area (Å²) in [6.07, 6.45) is 0.906. The minimum absolute atomic E-state index is 0.265. The molecule has 2 heterocycles. The first-order valence-electron chi connectivity index (χ1n) is 6.20. The van der Waals surface area contributed by atoms with Gasteiger partial charge in [-0.05, 0) is 31.0 Å². The van der Waals surface area contributed by atoms with Crippen LogP contribution in [0.1, 0.15) is 18.2 Å². The Bertz CT molecular complexity index is 665. The number of hydrogen-bond donors (Lipinski definition) is 2. The molecule has 0 amide bonds. The summed E-state index contributed by atoms with van der Waals surface area (Å²) in [5.41, 5.74) is 2.36. The molecule has 1 atom stereocenters. The van der Waals surface area contributed by atoms with E-state index in [9.17, 15) is 4.79 Å². The van der Waals surface area contributed by atoms with Crippen molar-refractivity contribution in [3.05, 3.63) is 33.9 Å². The van der Waals surface area contributed by atoms with Gasteiger partial charge in [0.1, 0.15) is 0 Å². The van der Waals surface area contributed by atoms with Crippen molar-refractivity contribution in [3.8, 4) is 0 Å². The van der Waals surface area contributed by atoms with E-state index in [0.717, 1.165) is 28.6 Å². The molecule has 0 aliphatic carbocycles. The molecule has 1 aromatic carbocycles. The van der Waals surface area contributed by atoms with E-state index in [1.54, 1.807) is 0 Å². The maximum absolute atomic E-state index is 12.1. The number of carbonyl (C=O) groups excluding carboxylic acids is 1. The SMILES string of the molecule is COC(=O)C1(C)NCCc2c1[nH]c1cc(Br)ccc21. The number of carbonyl (C=O) groups is 1. The number of nitrogens with one attached hydrogen (secondary N) is 2. The summed E-state index contributed by atoms with van der Waals surface area (Å²) in [6.45, 7) is 2.63. The van der Waals surface area contributed by atoms with Gasteiger partial charge in [-0.25, -0.2) is 4.79 Å². The van der Waals surface area contributed by atoms with Crippen LogP contribution in [0.25, 0.3) is 10.9 Å². The van der Waals surface area contributed by atoms with Crippen LogP contribution in [0.4, 0.5) is 0 Å². The van der Waals surface area contributed by atoms with Gasteiger partial charge in [-0.15, -0.1) is 0 Å². The zero-order chi connectivity index (χ0) is 13.6. The minimum Gasteiger partial charge on any atom is -0.467 e. The summed E-state index contributed by atoms with van der Waals surface area (Å²) in [6, 6.07) is 6.14. The van der Waals surface area contributed by atoms with E-state index in [2.05, 4.69) is 32.3 Å². The molecule has 2 N–H and O–H groups in total. The first-order valence-corrected chi connectivity index (χ1v) is 6.99. The minimum atomic E-state index is -0.798. The van der Waals surface area contributed by atoms with E-state index in [1.165, 1.54) is 18.1 Å². The molecule has 1 unspecified atom stereocenters. The van der Waals surface area contributed by atoms with Gasteiger partial charge in [0.25, 0.3) is 0 Å². The Hall–Kier alpha value is -1.33. The predicted octanol–water partition coefficient (Wildman–Crippen LogP) is 2.46. The van der Waals surface area contributed by atoms with Crippen molar-refractivity contribution in [2.24, 2.45) is 0 Å². The second-order valence-corrected chi connectivity index (χ2v) is 5.88. The van der Waals surface area contributed by atoms with Gasteiger partial charge in [-0.1, -0.05) is 22.0 Å². The van der Waals surface area contributed by atoms with Crippen molar-refractivity contribution in [3.63, 3.8) is 0 Å². The van der Waals surface area contributed by atoms with Gasteiger partial charge in [-0.2, -0.15) is 0 Å². The second kappa shape index (κ2) is 4.35. The van der Waals surface area contributed by atoms with Gasteiger partial charge in [-0.3, -0.25) is 5.32 Å². The molecule has 0 spiro atoms. The third-order valence-corrected chi connectivity index (χ3v) is 4.31. The Labute approximate surface area is 119 Å². The number of H-pyrrole nitrogens is 1. The quantitative estimate of drug-likeness (QED) is 0.793.